The highest BCUT2D eigenvalue weighted by Gasteiger charge is 2.35. The van der Waals surface area contributed by atoms with Gasteiger partial charge in [-0.2, -0.15) is 0 Å². The molecule has 8 heteroatoms. The lowest BCUT2D eigenvalue weighted by molar-refractivity contribution is -0.143. The number of benzene rings is 1. The van der Waals surface area contributed by atoms with E-state index in [2.05, 4.69) is 4.98 Å². The third-order valence-corrected chi connectivity index (χ3v) is 7.37. The van der Waals surface area contributed by atoms with Gasteiger partial charge in [-0.1, -0.05) is 40.7 Å². The molecule has 0 aliphatic carbocycles. The monoisotopic (exact) mass is 570 g/mol. The Morgan fingerprint density at radius 1 is 1.00 bits per heavy atom. The first-order valence-corrected chi connectivity index (χ1v) is 14.0. The summed E-state index contributed by atoms with van der Waals surface area (Å²) in [7, 11) is 1.55. The van der Waals surface area contributed by atoms with Crippen LogP contribution >= 0.6 is 0 Å². The Kier molecular flexibility index (Phi) is 8.85. The van der Waals surface area contributed by atoms with Crippen LogP contribution in [0.5, 0.6) is 11.5 Å². The van der Waals surface area contributed by atoms with Gasteiger partial charge in [0.05, 0.1) is 29.9 Å². The van der Waals surface area contributed by atoms with E-state index in [1.807, 2.05) is 59.7 Å². The number of hydrogen-bond acceptors (Lipinski definition) is 6. The van der Waals surface area contributed by atoms with Gasteiger partial charge in [0.1, 0.15) is 18.1 Å². The van der Waals surface area contributed by atoms with Crippen molar-refractivity contribution in [1.29, 1.82) is 0 Å². The van der Waals surface area contributed by atoms with Gasteiger partial charge in [0.15, 0.2) is 5.78 Å². The molecule has 4 aromatic rings. The van der Waals surface area contributed by atoms with Gasteiger partial charge >= 0.3 is 5.97 Å². The van der Waals surface area contributed by atoms with Gasteiger partial charge in [-0.15, -0.1) is 0 Å². The van der Waals surface area contributed by atoms with E-state index in [4.69, 9.17) is 9.47 Å². The fourth-order valence-corrected chi connectivity index (χ4v) is 4.99. The quantitative estimate of drug-likeness (QED) is 0.203. The van der Waals surface area contributed by atoms with E-state index in [0.29, 0.717) is 33.7 Å². The number of carboxylic acid groups (broad SMARTS) is 1. The van der Waals surface area contributed by atoms with Crippen LogP contribution in [0.4, 0.5) is 0 Å². The largest absolute Gasteiger partial charge is 0.497 e. The van der Waals surface area contributed by atoms with Crippen molar-refractivity contribution in [2.24, 2.45) is 17.3 Å². The molecule has 4 rings (SSSR count). The summed E-state index contributed by atoms with van der Waals surface area (Å²) in [5.74, 6) is -1.42. The summed E-state index contributed by atoms with van der Waals surface area (Å²) in [5, 5.41) is 10.1. The maximum Gasteiger partial charge on any atom is 0.307 e. The second kappa shape index (κ2) is 12.2. The summed E-state index contributed by atoms with van der Waals surface area (Å²) in [5.41, 5.74) is 2.75. The van der Waals surface area contributed by atoms with Crippen molar-refractivity contribution < 1.29 is 29.0 Å². The third kappa shape index (κ3) is 6.38. The minimum Gasteiger partial charge on any atom is -0.497 e. The summed E-state index contributed by atoms with van der Waals surface area (Å²) in [4.78, 5) is 45.1. The summed E-state index contributed by atoms with van der Waals surface area (Å²) in [6.07, 6.45) is 1.73. The number of ketones is 2. The van der Waals surface area contributed by atoms with E-state index in [9.17, 15) is 19.5 Å². The number of nitrogens with zero attached hydrogens (tertiary/aromatic N) is 2. The van der Waals surface area contributed by atoms with Crippen LogP contribution in [0.25, 0.3) is 5.52 Å². The van der Waals surface area contributed by atoms with Crippen molar-refractivity contribution in [3.05, 3.63) is 94.6 Å². The average molecular weight is 571 g/mol. The van der Waals surface area contributed by atoms with E-state index in [-0.39, 0.29) is 36.2 Å². The van der Waals surface area contributed by atoms with E-state index < -0.39 is 17.3 Å². The fourth-order valence-electron chi connectivity index (χ4n) is 4.99. The Morgan fingerprint density at radius 3 is 2.26 bits per heavy atom. The lowest BCUT2D eigenvalue weighted by Crippen LogP contribution is -2.26. The topological polar surface area (TPSA) is 107 Å². The number of aryl methyl sites for hydroxylation is 1. The van der Waals surface area contributed by atoms with E-state index in [0.717, 1.165) is 11.4 Å². The molecule has 1 atom stereocenters. The molecule has 8 nitrogen and oxygen atoms in total. The fraction of sp³-hybridized carbons (Fsp3) is 0.353. The molecule has 0 amide bonds. The molecule has 0 radical (unpaired) electrons. The first-order chi connectivity index (χ1) is 19.8. The highest BCUT2D eigenvalue weighted by molar-refractivity contribution is 6.15. The number of hydrogen-bond donors (Lipinski definition) is 1. The van der Waals surface area contributed by atoms with Crippen LogP contribution in [0, 0.1) is 24.2 Å². The van der Waals surface area contributed by atoms with Gasteiger partial charge < -0.3 is 19.0 Å². The molecule has 220 valence electrons. The Bertz CT molecular complexity index is 1630. The molecule has 0 fully saturated rings. The number of carbonyl (C=O) groups is 3. The molecule has 0 bridgehead atoms. The van der Waals surface area contributed by atoms with Crippen LogP contribution < -0.4 is 9.47 Å². The highest BCUT2D eigenvalue weighted by atomic mass is 16.5. The number of Topliss-reactive ketones (excluding diaryl/α,β-unsaturated/α-hetero) is 1. The summed E-state index contributed by atoms with van der Waals surface area (Å²) in [6, 6.07) is 15.9. The maximum atomic E-state index is 14.2. The second-order valence-electron chi connectivity index (χ2n) is 11.9. The Hall–Kier alpha value is -4.46. The first kappa shape index (κ1) is 30.5. The minimum absolute atomic E-state index is 0.0203. The van der Waals surface area contributed by atoms with Gasteiger partial charge in [-0.05, 0) is 67.3 Å². The van der Waals surface area contributed by atoms with Gasteiger partial charge in [0, 0.05) is 34.5 Å². The number of rotatable bonds is 11. The molecule has 1 N–H and O–H groups in total. The number of carbonyl (C=O) groups excluding carboxylic acids is 2. The van der Waals surface area contributed by atoms with Crippen LogP contribution in [0.3, 0.4) is 0 Å². The lowest BCUT2D eigenvalue weighted by Gasteiger charge is -2.20. The summed E-state index contributed by atoms with van der Waals surface area (Å²) < 4.78 is 13.0. The molecule has 3 aromatic heterocycles. The average Bonchev–Trinajstić information content (AvgIpc) is 3.26. The standard InChI is InChI=1S/C34H38N2O6/c1-20(2)26(33(39)40)18-27-29(32(38)34(4,5)6)28-17-25(42-19-23-10-8-9-21(3)35-23)15-16-36(28)30(27)31(37)22-11-13-24(41-7)14-12-22/h8-17,20,26H,18-19H2,1-7H3,(H,39,40)/t26-/m1/s1. The van der Waals surface area contributed by atoms with Gasteiger partial charge in [0.2, 0.25) is 5.78 Å². The van der Waals surface area contributed by atoms with Crippen molar-refractivity contribution in [2.45, 2.75) is 54.6 Å². The SMILES string of the molecule is COc1ccc(C(=O)c2c(C[C@@H](C(=O)O)C(C)C)c(C(=O)C(C)(C)C)c3cc(OCc4cccc(C)n4)ccn23)cc1. The molecule has 0 saturated carbocycles. The van der Waals surface area contributed by atoms with Crippen LogP contribution in [0.1, 0.15) is 78.0 Å². The normalized spacial score (nSPS) is 12.4. The molecule has 42 heavy (non-hydrogen) atoms. The molecule has 0 spiro atoms. The number of aromatic nitrogens is 2. The van der Waals surface area contributed by atoms with Crippen molar-refractivity contribution in [3.8, 4) is 11.5 Å². The van der Waals surface area contributed by atoms with E-state index >= 15 is 0 Å². The van der Waals surface area contributed by atoms with Gasteiger partial charge in [-0.25, -0.2) is 0 Å². The Balaban J connectivity index is 1.95. The zero-order chi connectivity index (χ0) is 30.8. The summed E-state index contributed by atoms with van der Waals surface area (Å²) in [6.45, 7) is 11.2. The van der Waals surface area contributed by atoms with Crippen LogP contribution in [0.2, 0.25) is 0 Å². The highest BCUT2D eigenvalue weighted by Crippen LogP contribution is 2.36. The Labute approximate surface area is 246 Å². The van der Waals surface area contributed by atoms with Crippen molar-refractivity contribution in [1.82, 2.24) is 9.38 Å². The lowest BCUT2D eigenvalue weighted by atomic mass is 9.81. The van der Waals surface area contributed by atoms with Crippen molar-refractivity contribution in [2.75, 3.05) is 7.11 Å². The molecule has 0 aliphatic rings. The van der Waals surface area contributed by atoms with Gasteiger partial charge in [0.25, 0.3) is 0 Å². The van der Waals surface area contributed by atoms with E-state index in [1.54, 1.807) is 54.1 Å². The number of carboxylic acids is 1. The number of fused-ring (bicyclic) bond motifs is 1. The molecule has 3 heterocycles. The smallest absolute Gasteiger partial charge is 0.307 e. The molecule has 0 unspecified atom stereocenters. The van der Waals surface area contributed by atoms with E-state index in [1.165, 1.54) is 0 Å². The molecular formula is C34H38N2O6. The zero-order valence-electron chi connectivity index (χ0n) is 25.2. The number of ether oxygens (including phenoxy) is 2. The van der Waals surface area contributed by atoms with Crippen LogP contribution in [-0.4, -0.2) is 39.1 Å². The van der Waals surface area contributed by atoms with Crippen molar-refractivity contribution >= 4 is 23.1 Å². The number of aliphatic carboxylic acids is 1. The maximum absolute atomic E-state index is 14.2. The predicted molar refractivity (Wildman–Crippen MR) is 161 cm³/mol. The molecule has 1 aromatic carbocycles. The first-order valence-electron chi connectivity index (χ1n) is 14.0. The second-order valence-corrected chi connectivity index (χ2v) is 11.9. The molecule has 0 saturated heterocycles. The molecule has 0 aliphatic heterocycles. The van der Waals surface area contributed by atoms with Crippen LogP contribution in [0.15, 0.2) is 60.8 Å². The molecular weight excluding hydrogens is 532 g/mol. The Morgan fingerprint density at radius 2 is 1.69 bits per heavy atom. The number of pyridine rings is 2. The number of methoxy groups -OCH3 is 1. The van der Waals surface area contributed by atoms with Crippen LogP contribution in [-0.2, 0) is 17.8 Å². The zero-order valence-corrected chi connectivity index (χ0v) is 25.2. The minimum atomic E-state index is -0.980. The predicted octanol–water partition coefficient (Wildman–Crippen LogP) is 6.59. The summed E-state index contributed by atoms with van der Waals surface area (Å²) >= 11 is 0. The van der Waals surface area contributed by atoms with Gasteiger partial charge in [-0.3, -0.25) is 19.4 Å². The van der Waals surface area contributed by atoms with Crippen molar-refractivity contribution in [3.63, 3.8) is 0 Å². The third-order valence-electron chi connectivity index (χ3n) is 7.37.